The van der Waals surface area contributed by atoms with Crippen LogP contribution in [0.25, 0.3) is 0 Å². The summed E-state index contributed by atoms with van der Waals surface area (Å²) in [5.41, 5.74) is 0.581. The first-order valence-electron chi connectivity index (χ1n) is 3.84. The average Bonchev–Trinajstić information content (AvgIpc) is 2.17. The number of benzene rings is 1. The summed E-state index contributed by atoms with van der Waals surface area (Å²) in [6.07, 6.45) is 0. The zero-order chi connectivity index (χ0) is 9.84. The summed E-state index contributed by atoms with van der Waals surface area (Å²) in [6, 6.07) is 8.91. The van der Waals surface area contributed by atoms with Gasteiger partial charge in [-0.15, -0.1) is 0 Å². The van der Waals surface area contributed by atoms with Crippen LogP contribution in [-0.2, 0) is 0 Å². The molecular formula is C10H8BrNO. The van der Waals surface area contributed by atoms with Gasteiger partial charge in [0.2, 0.25) is 0 Å². The summed E-state index contributed by atoms with van der Waals surface area (Å²) < 4.78 is 0.925. The minimum Gasteiger partial charge on any atom is -0.293 e. The van der Waals surface area contributed by atoms with Crippen LogP contribution in [0, 0.1) is 17.2 Å². The molecule has 0 aliphatic heterocycles. The lowest BCUT2D eigenvalue weighted by atomic mass is 10.0. The maximum Gasteiger partial charge on any atom is 0.179 e. The fourth-order valence-corrected chi connectivity index (χ4v) is 1.19. The van der Waals surface area contributed by atoms with E-state index in [0.717, 1.165) is 4.47 Å². The van der Waals surface area contributed by atoms with E-state index in [1.807, 2.05) is 6.07 Å². The number of hydrogen-bond donors (Lipinski definition) is 0. The van der Waals surface area contributed by atoms with Crippen LogP contribution in [0.4, 0.5) is 0 Å². The van der Waals surface area contributed by atoms with Gasteiger partial charge in [0.25, 0.3) is 0 Å². The van der Waals surface area contributed by atoms with Crippen LogP contribution in [0.2, 0.25) is 0 Å². The highest BCUT2D eigenvalue weighted by atomic mass is 79.9. The molecule has 1 aromatic carbocycles. The third-order valence-corrected chi connectivity index (χ3v) is 2.24. The Hall–Kier alpha value is -1.14. The fraction of sp³-hybridized carbons (Fsp3) is 0.200. The molecule has 1 unspecified atom stereocenters. The molecule has 0 aliphatic rings. The van der Waals surface area contributed by atoms with Gasteiger partial charge in [0.15, 0.2) is 5.78 Å². The Morgan fingerprint density at radius 1 is 1.46 bits per heavy atom. The fourth-order valence-electron chi connectivity index (χ4n) is 0.923. The van der Waals surface area contributed by atoms with Crippen LogP contribution >= 0.6 is 15.9 Å². The van der Waals surface area contributed by atoms with Crippen LogP contribution in [0.3, 0.4) is 0 Å². The number of halogens is 1. The monoisotopic (exact) mass is 237 g/mol. The molecule has 0 amide bonds. The van der Waals surface area contributed by atoms with Crippen LogP contribution < -0.4 is 0 Å². The Labute approximate surface area is 85.3 Å². The SMILES string of the molecule is CC(C#N)C(=O)c1ccc(Br)cc1. The van der Waals surface area contributed by atoms with Crippen LogP contribution in [0.1, 0.15) is 17.3 Å². The Balaban J connectivity index is 2.91. The highest BCUT2D eigenvalue weighted by Crippen LogP contribution is 2.13. The number of carbonyl (C=O) groups excluding carboxylic acids is 1. The van der Waals surface area contributed by atoms with Gasteiger partial charge in [-0.25, -0.2) is 0 Å². The quantitative estimate of drug-likeness (QED) is 0.743. The van der Waals surface area contributed by atoms with Crippen molar-refractivity contribution in [1.82, 2.24) is 0 Å². The Kier molecular flexibility index (Phi) is 3.21. The second-order valence-electron chi connectivity index (χ2n) is 2.72. The molecule has 0 spiro atoms. The molecule has 3 heteroatoms. The van der Waals surface area contributed by atoms with E-state index in [9.17, 15) is 4.79 Å². The third kappa shape index (κ3) is 2.40. The van der Waals surface area contributed by atoms with Gasteiger partial charge < -0.3 is 0 Å². The second kappa shape index (κ2) is 4.20. The normalized spacial score (nSPS) is 11.8. The van der Waals surface area contributed by atoms with Crippen LogP contribution in [0.5, 0.6) is 0 Å². The van der Waals surface area contributed by atoms with Gasteiger partial charge in [-0.3, -0.25) is 4.79 Å². The topological polar surface area (TPSA) is 40.9 Å². The Morgan fingerprint density at radius 2 is 2.00 bits per heavy atom. The molecule has 1 aromatic rings. The van der Waals surface area contributed by atoms with E-state index >= 15 is 0 Å². The van der Waals surface area contributed by atoms with E-state index in [1.165, 1.54) is 0 Å². The number of hydrogen-bond acceptors (Lipinski definition) is 2. The molecule has 0 fully saturated rings. The molecule has 0 saturated carbocycles. The molecule has 0 aromatic heterocycles. The average molecular weight is 238 g/mol. The number of nitrogens with zero attached hydrogens (tertiary/aromatic N) is 1. The molecule has 0 aliphatic carbocycles. The summed E-state index contributed by atoms with van der Waals surface area (Å²) in [7, 11) is 0. The van der Waals surface area contributed by atoms with Gasteiger partial charge in [0.1, 0.15) is 5.92 Å². The number of ketones is 1. The predicted octanol–water partition coefficient (Wildman–Crippen LogP) is 2.79. The maximum atomic E-state index is 11.4. The number of nitriles is 1. The predicted molar refractivity (Wildman–Crippen MR) is 53.2 cm³/mol. The third-order valence-electron chi connectivity index (χ3n) is 1.72. The van der Waals surface area contributed by atoms with Crippen molar-refractivity contribution in [1.29, 1.82) is 5.26 Å². The van der Waals surface area contributed by atoms with Crippen molar-refractivity contribution in [3.8, 4) is 6.07 Å². The molecule has 66 valence electrons. The lowest BCUT2D eigenvalue weighted by Gasteiger charge is -2.01. The van der Waals surface area contributed by atoms with Crippen LogP contribution in [-0.4, -0.2) is 5.78 Å². The van der Waals surface area contributed by atoms with Crippen LogP contribution in [0.15, 0.2) is 28.7 Å². The highest BCUT2D eigenvalue weighted by Gasteiger charge is 2.13. The van der Waals surface area contributed by atoms with Crippen molar-refractivity contribution in [2.75, 3.05) is 0 Å². The summed E-state index contributed by atoms with van der Waals surface area (Å²) >= 11 is 3.27. The summed E-state index contributed by atoms with van der Waals surface area (Å²) in [6.45, 7) is 1.60. The lowest BCUT2D eigenvalue weighted by molar-refractivity contribution is 0.0956. The van der Waals surface area contributed by atoms with Crippen molar-refractivity contribution in [2.45, 2.75) is 6.92 Å². The zero-order valence-corrected chi connectivity index (χ0v) is 8.71. The van der Waals surface area contributed by atoms with Crippen molar-refractivity contribution in [3.63, 3.8) is 0 Å². The molecule has 0 radical (unpaired) electrons. The first-order chi connectivity index (χ1) is 6.15. The first-order valence-corrected chi connectivity index (χ1v) is 4.64. The van der Waals surface area contributed by atoms with Gasteiger partial charge in [-0.1, -0.05) is 28.1 Å². The molecule has 1 rings (SSSR count). The van der Waals surface area contributed by atoms with E-state index < -0.39 is 5.92 Å². The van der Waals surface area contributed by atoms with Gasteiger partial charge in [-0.2, -0.15) is 5.26 Å². The summed E-state index contributed by atoms with van der Waals surface area (Å²) in [5.74, 6) is -0.698. The molecule has 0 bridgehead atoms. The molecule has 0 N–H and O–H groups in total. The highest BCUT2D eigenvalue weighted by molar-refractivity contribution is 9.10. The Morgan fingerprint density at radius 3 is 2.46 bits per heavy atom. The maximum absolute atomic E-state index is 11.4. The zero-order valence-electron chi connectivity index (χ0n) is 7.12. The van der Waals surface area contributed by atoms with E-state index in [0.29, 0.717) is 5.56 Å². The molecule has 0 saturated heterocycles. The van der Waals surface area contributed by atoms with E-state index in [4.69, 9.17) is 5.26 Å². The largest absolute Gasteiger partial charge is 0.293 e. The van der Waals surface area contributed by atoms with Crippen molar-refractivity contribution < 1.29 is 4.79 Å². The standard InChI is InChI=1S/C10H8BrNO/c1-7(6-12)10(13)8-2-4-9(11)5-3-8/h2-5,7H,1H3. The number of rotatable bonds is 2. The van der Waals surface area contributed by atoms with Crippen molar-refractivity contribution >= 4 is 21.7 Å². The smallest absolute Gasteiger partial charge is 0.179 e. The van der Waals surface area contributed by atoms with Gasteiger partial charge in [0, 0.05) is 10.0 Å². The Bertz CT molecular complexity index is 350. The number of Topliss-reactive ketones (excluding diaryl/α,β-unsaturated/α-hetero) is 1. The van der Waals surface area contributed by atoms with Gasteiger partial charge >= 0.3 is 0 Å². The molecule has 2 nitrogen and oxygen atoms in total. The molecule has 1 atom stereocenters. The minimum atomic E-state index is -0.568. The number of carbonyl (C=O) groups is 1. The molecule has 0 heterocycles. The van der Waals surface area contributed by atoms with E-state index in [2.05, 4.69) is 15.9 Å². The van der Waals surface area contributed by atoms with E-state index in [-0.39, 0.29) is 5.78 Å². The summed E-state index contributed by atoms with van der Waals surface area (Å²) in [5, 5.41) is 8.54. The van der Waals surface area contributed by atoms with Gasteiger partial charge in [-0.05, 0) is 19.1 Å². The van der Waals surface area contributed by atoms with E-state index in [1.54, 1.807) is 31.2 Å². The lowest BCUT2D eigenvalue weighted by Crippen LogP contribution is -2.08. The summed E-state index contributed by atoms with van der Waals surface area (Å²) in [4.78, 5) is 11.4. The molecule has 13 heavy (non-hydrogen) atoms. The van der Waals surface area contributed by atoms with Crippen molar-refractivity contribution in [2.24, 2.45) is 5.92 Å². The molecular weight excluding hydrogens is 230 g/mol. The second-order valence-corrected chi connectivity index (χ2v) is 3.64. The van der Waals surface area contributed by atoms with Gasteiger partial charge in [0.05, 0.1) is 6.07 Å². The first kappa shape index (κ1) is 9.94. The minimum absolute atomic E-state index is 0.130. The van der Waals surface area contributed by atoms with Crippen molar-refractivity contribution in [3.05, 3.63) is 34.3 Å².